The summed E-state index contributed by atoms with van der Waals surface area (Å²) in [6.07, 6.45) is 5.00. The Hall–Kier alpha value is -3.81. The van der Waals surface area contributed by atoms with Gasteiger partial charge in [-0.2, -0.15) is 0 Å². The number of carbonyl (C=O) groups is 3. The maximum atomic E-state index is 13.3. The highest BCUT2D eigenvalue weighted by molar-refractivity contribution is 6.11. The number of fused-ring (bicyclic) bond motifs is 5. The number of nitro benzene ring substituents is 1. The van der Waals surface area contributed by atoms with E-state index in [2.05, 4.69) is 5.32 Å². The first-order valence-electron chi connectivity index (χ1n) is 10.6. The Balaban J connectivity index is 1.45. The Morgan fingerprint density at radius 1 is 1.03 bits per heavy atom. The second-order valence-corrected chi connectivity index (χ2v) is 8.55. The molecule has 5 atom stereocenters. The fourth-order valence-corrected chi connectivity index (χ4v) is 5.29. The predicted octanol–water partition coefficient (Wildman–Crippen LogP) is 2.95. The molecule has 1 N–H and O–H groups in total. The highest BCUT2D eigenvalue weighted by Crippen LogP contribution is 2.53. The number of nitrogens with one attached hydrogen (secondary N) is 1. The summed E-state index contributed by atoms with van der Waals surface area (Å²) < 4.78 is 0. The number of anilines is 1. The topological polar surface area (TPSA) is 110 Å². The van der Waals surface area contributed by atoms with Gasteiger partial charge in [0.1, 0.15) is 6.04 Å². The van der Waals surface area contributed by atoms with Gasteiger partial charge in [-0.15, -0.1) is 0 Å². The SMILES string of the molecule is O=C(Nc1cccc([N+](=O)[O-])c1)[C@@H](Cc1ccccc1)N1C(=O)[C@@H]2[C@@H](C1=O)[C@H]1C=C[C@H]2C1. The van der Waals surface area contributed by atoms with Crippen LogP contribution >= 0.6 is 0 Å². The van der Waals surface area contributed by atoms with Gasteiger partial charge in [0.05, 0.1) is 16.8 Å². The molecule has 3 aliphatic rings. The van der Waals surface area contributed by atoms with Crippen molar-refractivity contribution >= 4 is 29.1 Å². The first-order valence-corrected chi connectivity index (χ1v) is 10.6. The van der Waals surface area contributed by atoms with E-state index < -0.39 is 28.7 Å². The summed E-state index contributed by atoms with van der Waals surface area (Å²) in [6.45, 7) is 0. The van der Waals surface area contributed by atoms with Gasteiger partial charge in [0.25, 0.3) is 5.69 Å². The summed E-state index contributed by atoms with van der Waals surface area (Å²) in [7, 11) is 0. The summed E-state index contributed by atoms with van der Waals surface area (Å²) in [5, 5.41) is 13.8. The molecule has 3 amide bonds. The molecule has 5 rings (SSSR count). The number of nitro groups is 1. The summed E-state index contributed by atoms with van der Waals surface area (Å²) >= 11 is 0. The summed E-state index contributed by atoms with van der Waals surface area (Å²) in [6, 6.07) is 13.7. The monoisotopic (exact) mass is 431 g/mol. The molecule has 32 heavy (non-hydrogen) atoms. The largest absolute Gasteiger partial charge is 0.324 e. The van der Waals surface area contributed by atoms with Crippen molar-refractivity contribution in [3.8, 4) is 0 Å². The molecular weight excluding hydrogens is 410 g/mol. The number of amides is 3. The molecule has 162 valence electrons. The van der Waals surface area contributed by atoms with Crippen LogP contribution in [0.1, 0.15) is 12.0 Å². The number of rotatable bonds is 6. The Labute approximate surface area is 184 Å². The molecule has 0 unspecified atom stereocenters. The highest BCUT2D eigenvalue weighted by Gasteiger charge is 2.61. The lowest BCUT2D eigenvalue weighted by atomic mass is 9.85. The lowest BCUT2D eigenvalue weighted by Gasteiger charge is -2.27. The van der Waals surface area contributed by atoms with Crippen LogP contribution in [0.15, 0.2) is 66.7 Å². The summed E-state index contributed by atoms with van der Waals surface area (Å²) in [5.74, 6) is -1.86. The van der Waals surface area contributed by atoms with E-state index in [1.807, 2.05) is 42.5 Å². The van der Waals surface area contributed by atoms with Crippen LogP contribution in [-0.2, 0) is 20.8 Å². The standard InChI is InChI=1S/C24H21N3O5/c28-22(25-17-7-4-8-18(13-17)27(31)32)19(11-14-5-2-1-3-6-14)26-23(29)20-15-9-10-16(12-15)21(20)24(26)30/h1-10,13,15-16,19-21H,11-12H2,(H,25,28)/t15-,16-,19+,20-,21-/m0/s1. The quantitative estimate of drug-likeness (QED) is 0.327. The van der Waals surface area contributed by atoms with Crippen LogP contribution in [0.5, 0.6) is 0 Å². The second-order valence-electron chi connectivity index (χ2n) is 8.55. The number of hydrogen-bond donors (Lipinski definition) is 1. The molecule has 2 aromatic rings. The summed E-state index contributed by atoms with van der Waals surface area (Å²) in [5.41, 5.74) is 0.890. The molecule has 2 aromatic carbocycles. The molecule has 1 saturated heterocycles. The second kappa shape index (κ2) is 7.71. The zero-order valence-corrected chi connectivity index (χ0v) is 17.1. The first kappa shape index (κ1) is 20.1. The maximum absolute atomic E-state index is 13.3. The Morgan fingerprint density at radius 2 is 1.69 bits per heavy atom. The van der Waals surface area contributed by atoms with E-state index in [1.165, 1.54) is 24.3 Å². The molecule has 0 aromatic heterocycles. The fourth-order valence-electron chi connectivity index (χ4n) is 5.29. The van der Waals surface area contributed by atoms with Gasteiger partial charge in [0.2, 0.25) is 17.7 Å². The normalized spacial score (nSPS) is 26.3. The Morgan fingerprint density at radius 3 is 2.31 bits per heavy atom. The number of carbonyl (C=O) groups excluding carboxylic acids is 3. The molecular formula is C24H21N3O5. The van der Waals surface area contributed by atoms with Gasteiger partial charge in [-0.25, -0.2) is 0 Å². The van der Waals surface area contributed by atoms with Gasteiger partial charge in [-0.1, -0.05) is 48.6 Å². The zero-order valence-electron chi connectivity index (χ0n) is 17.1. The van der Waals surface area contributed by atoms with Gasteiger partial charge in [-0.05, 0) is 29.9 Å². The van der Waals surface area contributed by atoms with E-state index in [1.54, 1.807) is 0 Å². The molecule has 1 saturated carbocycles. The Kier molecular flexibility index (Phi) is 4.84. The molecule has 2 fully saturated rings. The van der Waals surface area contributed by atoms with E-state index in [4.69, 9.17) is 0 Å². The predicted molar refractivity (Wildman–Crippen MR) is 115 cm³/mol. The third kappa shape index (κ3) is 3.28. The fraction of sp³-hybridized carbons (Fsp3) is 0.292. The molecule has 1 heterocycles. The number of nitrogens with zero attached hydrogens (tertiary/aromatic N) is 2. The minimum atomic E-state index is -1.04. The van der Waals surface area contributed by atoms with Crippen molar-refractivity contribution in [3.63, 3.8) is 0 Å². The molecule has 1 aliphatic heterocycles. The minimum Gasteiger partial charge on any atom is -0.324 e. The molecule has 0 spiro atoms. The van der Waals surface area contributed by atoms with Crippen molar-refractivity contribution in [3.05, 3.63) is 82.4 Å². The minimum absolute atomic E-state index is 0.0451. The van der Waals surface area contributed by atoms with Gasteiger partial charge >= 0.3 is 0 Å². The maximum Gasteiger partial charge on any atom is 0.271 e. The van der Waals surface area contributed by atoms with Gasteiger partial charge in [0.15, 0.2) is 0 Å². The van der Waals surface area contributed by atoms with Crippen molar-refractivity contribution in [1.29, 1.82) is 0 Å². The van der Waals surface area contributed by atoms with Crippen LogP contribution in [0.25, 0.3) is 0 Å². The van der Waals surface area contributed by atoms with Crippen molar-refractivity contribution in [2.45, 2.75) is 18.9 Å². The average Bonchev–Trinajstić information content (AvgIpc) is 3.47. The van der Waals surface area contributed by atoms with Gasteiger partial charge in [-0.3, -0.25) is 29.4 Å². The van der Waals surface area contributed by atoms with Crippen LogP contribution in [-0.4, -0.2) is 33.6 Å². The number of non-ortho nitro benzene ring substituents is 1. The number of hydrogen-bond acceptors (Lipinski definition) is 5. The molecule has 8 heteroatoms. The van der Waals surface area contributed by atoms with Gasteiger partial charge in [0, 0.05) is 24.2 Å². The van der Waals surface area contributed by atoms with E-state index in [-0.39, 0.29) is 41.4 Å². The average molecular weight is 431 g/mol. The lowest BCUT2D eigenvalue weighted by Crippen LogP contribution is -2.49. The third-order valence-corrected chi connectivity index (χ3v) is 6.72. The van der Waals surface area contributed by atoms with Crippen molar-refractivity contribution < 1.29 is 19.3 Å². The van der Waals surface area contributed by atoms with E-state index in [0.717, 1.165) is 16.9 Å². The molecule has 8 nitrogen and oxygen atoms in total. The van der Waals surface area contributed by atoms with E-state index >= 15 is 0 Å². The molecule has 0 radical (unpaired) electrons. The van der Waals surface area contributed by atoms with E-state index in [9.17, 15) is 24.5 Å². The van der Waals surface area contributed by atoms with Crippen LogP contribution < -0.4 is 5.32 Å². The van der Waals surface area contributed by atoms with Crippen LogP contribution in [0, 0.1) is 33.8 Å². The van der Waals surface area contributed by atoms with Crippen LogP contribution in [0.3, 0.4) is 0 Å². The highest BCUT2D eigenvalue weighted by atomic mass is 16.6. The van der Waals surface area contributed by atoms with E-state index in [0.29, 0.717) is 0 Å². The summed E-state index contributed by atoms with van der Waals surface area (Å²) in [4.78, 5) is 51.6. The number of imide groups is 1. The first-order chi connectivity index (χ1) is 15.4. The smallest absolute Gasteiger partial charge is 0.271 e. The van der Waals surface area contributed by atoms with Crippen LogP contribution in [0.4, 0.5) is 11.4 Å². The Bertz CT molecular complexity index is 1120. The van der Waals surface area contributed by atoms with Crippen molar-refractivity contribution in [2.24, 2.45) is 23.7 Å². The van der Waals surface area contributed by atoms with Gasteiger partial charge < -0.3 is 5.32 Å². The number of benzene rings is 2. The lowest BCUT2D eigenvalue weighted by molar-refractivity contribution is -0.384. The van der Waals surface area contributed by atoms with Crippen molar-refractivity contribution in [2.75, 3.05) is 5.32 Å². The molecule has 2 bridgehead atoms. The molecule has 2 aliphatic carbocycles. The zero-order chi connectivity index (χ0) is 22.4. The van der Waals surface area contributed by atoms with Crippen molar-refractivity contribution in [1.82, 2.24) is 4.90 Å². The third-order valence-electron chi connectivity index (χ3n) is 6.72. The number of allylic oxidation sites excluding steroid dienone is 2. The number of likely N-dealkylation sites (tertiary alicyclic amines) is 1. The van der Waals surface area contributed by atoms with Crippen LogP contribution in [0.2, 0.25) is 0 Å².